The lowest BCUT2D eigenvalue weighted by Gasteiger charge is -2.15. The average Bonchev–Trinajstić information content (AvgIpc) is 3.48. The summed E-state index contributed by atoms with van der Waals surface area (Å²) < 4.78 is 2.93. The second kappa shape index (κ2) is 8.58. The fraction of sp³-hybridized carbons (Fsp3) is 0.304. The Morgan fingerprint density at radius 2 is 2.03 bits per heavy atom. The first-order valence-electron chi connectivity index (χ1n) is 10.7. The molecule has 0 atom stereocenters. The standard InChI is InChI=1S/C23H24N6O2S/c1-28-18-7-3-2-6-16(18)25-22(28)27-23-26-17-10-9-15(14-19(17)32-23)21(31)24-11-5-13-29-12-4-8-20(29)30/h2-3,6-7,9-10,14H,4-5,8,11-13H2,1H3,(H,24,31)(H,25,26,27). The van der Waals surface area contributed by atoms with Gasteiger partial charge in [0.15, 0.2) is 5.13 Å². The van der Waals surface area contributed by atoms with Crippen LogP contribution >= 0.6 is 11.3 Å². The Balaban J connectivity index is 1.23. The van der Waals surface area contributed by atoms with Crippen molar-refractivity contribution in [2.45, 2.75) is 19.3 Å². The molecule has 1 aliphatic rings. The number of carbonyl (C=O) groups excluding carboxylic acids is 2. The number of hydrogen-bond acceptors (Lipinski definition) is 6. The molecule has 2 N–H and O–H groups in total. The Hall–Kier alpha value is -3.46. The van der Waals surface area contributed by atoms with E-state index in [9.17, 15) is 9.59 Å². The summed E-state index contributed by atoms with van der Waals surface area (Å²) in [5, 5.41) is 6.98. The highest BCUT2D eigenvalue weighted by Gasteiger charge is 2.19. The van der Waals surface area contributed by atoms with Crippen molar-refractivity contribution >= 4 is 55.5 Å². The predicted octanol–water partition coefficient (Wildman–Crippen LogP) is 3.67. The molecule has 1 fully saturated rings. The van der Waals surface area contributed by atoms with Gasteiger partial charge in [-0.25, -0.2) is 9.97 Å². The number of nitrogens with zero attached hydrogens (tertiary/aromatic N) is 4. The number of anilines is 2. The molecule has 4 aromatic rings. The lowest BCUT2D eigenvalue weighted by atomic mass is 10.2. The van der Waals surface area contributed by atoms with Crippen LogP contribution in [0.15, 0.2) is 42.5 Å². The number of carbonyl (C=O) groups is 2. The zero-order valence-corrected chi connectivity index (χ0v) is 18.6. The van der Waals surface area contributed by atoms with Gasteiger partial charge in [-0.2, -0.15) is 0 Å². The highest BCUT2D eigenvalue weighted by molar-refractivity contribution is 7.22. The van der Waals surface area contributed by atoms with Crippen LogP contribution in [0, 0.1) is 0 Å². The molecule has 0 bridgehead atoms. The summed E-state index contributed by atoms with van der Waals surface area (Å²) in [5.74, 6) is 0.827. The summed E-state index contributed by atoms with van der Waals surface area (Å²) >= 11 is 1.49. The molecule has 1 saturated heterocycles. The largest absolute Gasteiger partial charge is 0.352 e. The number of aryl methyl sites for hydroxylation is 1. The zero-order chi connectivity index (χ0) is 22.1. The van der Waals surface area contributed by atoms with E-state index in [1.165, 1.54) is 11.3 Å². The lowest BCUT2D eigenvalue weighted by Crippen LogP contribution is -2.30. The van der Waals surface area contributed by atoms with Crippen molar-refractivity contribution in [1.82, 2.24) is 24.8 Å². The van der Waals surface area contributed by atoms with Crippen LogP contribution in [0.1, 0.15) is 29.6 Å². The van der Waals surface area contributed by atoms with E-state index in [-0.39, 0.29) is 11.8 Å². The van der Waals surface area contributed by atoms with E-state index in [1.807, 2.05) is 52.9 Å². The minimum atomic E-state index is -0.113. The predicted molar refractivity (Wildman–Crippen MR) is 126 cm³/mol. The van der Waals surface area contributed by atoms with Crippen LogP contribution in [0.3, 0.4) is 0 Å². The van der Waals surface area contributed by atoms with Crippen molar-refractivity contribution in [3.8, 4) is 0 Å². The van der Waals surface area contributed by atoms with Gasteiger partial charge < -0.3 is 20.1 Å². The number of aromatic nitrogens is 3. The van der Waals surface area contributed by atoms with Gasteiger partial charge in [-0.05, 0) is 43.2 Å². The molecule has 0 spiro atoms. The van der Waals surface area contributed by atoms with Gasteiger partial charge in [0.25, 0.3) is 5.91 Å². The maximum atomic E-state index is 12.6. The summed E-state index contributed by atoms with van der Waals surface area (Å²) in [6.45, 7) is 2.08. The maximum absolute atomic E-state index is 12.6. The molecule has 2 aromatic heterocycles. The third-order valence-corrected chi connectivity index (χ3v) is 6.65. The highest BCUT2D eigenvalue weighted by atomic mass is 32.1. The first kappa shape index (κ1) is 20.4. The van der Waals surface area contributed by atoms with Crippen LogP contribution < -0.4 is 10.6 Å². The second-order valence-corrected chi connectivity index (χ2v) is 8.93. The van der Waals surface area contributed by atoms with E-state index in [0.29, 0.717) is 25.1 Å². The van der Waals surface area contributed by atoms with Gasteiger partial charge in [-0.15, -0.1) is 0 Å². The Bertz CT molecular complexity index is 1310. The van der Waals surface area contributed by atoms with Crippen LogP contribution in [0.4, 0.5) is 11.1 Å². The molecule has 0 aliphatic carbocycles. The summed E-state index contributed by atoms with van der Waals surface area (Å²) in [5.41, 5.74) is 3.41. The third-order valence-electron chi connectivity index (χ3n) is 5.72. The molecular formula is C23H24N6O2S. The van der Waals surface area contributed by atoms with Crippen molar-refractivity contribution < 1.29 is 9.59 Å². The minimum absolute atomic E-state index is 0.113. The highest BCUT2D eigenvalue weighted by Crippen LogP contribution is 2.29. The van der Waals surface area contributed by atoms with Crippen LogP contribution in [0.5, 0.6) is 0 Å². The van der Waals surface area contributed by atoms with Crippen LogP contribution in [-0.4, -0.2) is 50.9 Å². The summed E-state index contributed by atoms with van der Waals surface area (Å²) in [7, 11) is 1.97. The number of thiazole rings is 1. The lowest BCUT2D eigenvalue weighted by molar-refractivity contribution is -0.127. The minimum Gasteiger partial charge on any atom is -0.352 e. The molecule has 2 aromatic carbocycles. The van der Waals surface area contributed by atoms with Gasteiger partial charge in [-0.3, -0.25) is 9.59 Å². The number of imidazole rings is 1. The smallest absolute Gasteiger partial charge is 0.251 e. The van der Waals surface area contributed by atoms with E-state index in [2.05, 4.69) is 20.6 Å². The van der Waals surface area contributed by atoms with Crippen molar-refractivity contribution in [2.24, 2.45) is 7.05 Å². The van der Waals surface area contributed by atoms with Gasteiger partial charge in [-0.1, -0.05) is 23.5 Å². The Labute approximate surface area is 189 Å². The fourth-order valence-electron chi connectivity index (χ4n) is 3.99. The Kier molecular flexibility index (Phi) is 5.48. The van der Waals surface area contributed by atoms with E-state index in [0.717, 1.165) is 51.7 Å². The fourth-order valence-corrected chi connectivity index (χ4v) is 4.89. The van der Waals surface area contributed by atoms with Crippen molar-refractivity contribution in [3.05, 3.63) is 48.0 Å². The summed E-state index contributed by atoms with van der Waals surface area (Å²) in [4.78, 5) is 35.3. The van der Waals surface area contributed by atoms with Gasteiger partial charge in [0, 0.05) is 38.7 Å². The first-order chi connectivity index (χ1) is 15.6. The molecule has 32 heavy (non-hydrogen) atoms. The van der Waals surface area contributed by atoms with E-state index in [4.69, 9.17) is 0 Å². The molecular weight excluding hydrogens is 424 g/mol. The second-order valence-electron chi connectivity index (χ2n) is 7.90. The number of benzene rings is 2. The molecule has 0 saturated carbocycles. The van der Waals surface area contributed by atoms with Gasteiger partial charge in [0.1, 0.15) is 0 Å². The summed E-state index contributed by atoms with van der Waals surface area (Å²) in [6, 6.07) is 13.5. The van der Waals surface area contributed by atoms with E-state index >= 15 is 0 Å². The zero-order valence-electron chi connectivity index (χ0n) is 17.8. The van der Waals surface area contributed by atoms with Crippen molar-refractivity contribution in [1.29, 1.82) is 0 Å². The van der Waals surface area contributed by atoms with E-state index < -0.39 is 0 Å². The van der Waals surface area contributed by atoms with Crippen molar-refractivity contribution in [3.63, 3.8) is 0 Å². The van der Waals surface area contributed by atoms with Crippen LogP contribution in [0.2, 0.25) is 0 Å². The molecule has 5 rings (SSSR count). The third kappa shape index (κ3) is 4.03. The molecule has 2 amide bonds. The summed E-state index contributed by atoms with van der Waals surface area (Å²) in [6.07, 6.45) is 2.34. The molecule has 3 heterocycles. The van der Waals surface area contributed by atoms with Gasteiger partial charge in [0.05, 0.1) is 21.3 Å². The maximum Gasteiger partial charge on any atom is 0.251 e. The van der Waals surface area contributed by atoms with Crippen LogP contribution in [-0.2, 0) is 11.8 Å². The van der Waals surface area contributed by atoms with E-state index in [1.54, 1.807) is 6.07 Å². The first-order valence-corrected chi connectivity index (χ1v) is 11.6. The number of para-hydroxylation sites is 2. The Morgan fingerprint density at radius 3 is 2.84 bits per heavy atom. The molecule has 0 unspecified atom stereocenters. The number of likely N-dealkylation sites (tertiary alicyclic amines) is 1. The molecule has 8 nitrogen and oxygen atoms in total. The van der Waals surface area contributed by atoms with Gasteiger partial charge in [0.2, 0.25) is 11.9 Å². The number of hydrogen-bond donors (Lipinski definition) is 2. The normalized spacial score (nSPS) is 13.9. The quantitative estimate of drug-likeness (QED) is 0.421. The van der Waals surface area contributed by atoms with Gasteiger partial charge >= 0.3 is 0 Å². The molecule has 9 heteroatoms. The van der Waals surface area contributed by atoms with Crippen molar-refractivity contribution in [2.75, 3.05) is 25.0 Å². The number of amides is 2. The Morgan fingerprint density at radius 1 is 1.16 bits per heavy atom. The topological polar surface area (TPSA) is 92.2 Å². The number of nitrogens with one attached hydrogen (secondary N) is 2. The number of fused-ring (bicyclic) bond motifs is 2. The molecule has 164 valence electrons. The monoisotopic (exact) mass is 448 g/mol. The molecule has 0 radical (unpaired) electrons. The number of rotatable bonds is 7. The average molecular weight is 449 g/mol. The van der Waals surface area contributed by atoms with Crippen LogP contribution in [0.25, 0.3) is 21.3 Å². The SMILES string of the molecule is Cn1c(Nc2nc3ccc(C(=O)NCCCN4CCCC4=O)cc3s2)nc2ccccc21. The molecule has 1 aliphatic heterocycles.